The first-order chi connectivity index (χ1) is 19.5. The van der Waals surface area contributed by atoms with Crippen molar-refractivity contribution in [1.82, 2.24) is 4.57 Å². The van der Waals surface area contributed by atoms with E-state index in [0.29, 0.717) is 11.3 Å². The summed E-state index contributed by atoms with van der Waals surface area (Å²) >= 11 is 0. The average molecular weight is 464 g/mol. The fraction of sp³-hybridized carbons (Fsp3) is 0. The summed E-state index contributed by atoms with van der Waals surface area (Å²) in [4.78, 5) is 0. The summed E-state index contributed by atoms with van der Waals surface area (Å²) in [7, 11) is 0. The van der Waals surface area contributed by atoms with Gasteiger partial charge in [0, 0.05) is 33.0 Å². The van der Waals surface area contributed by atoms with Crippen molar-refractivity contribution in [1.29, 1.82) is 0 Å². The number of nitrogens with zero attached hydrogens (tertiary/aromatic N) is 1. The molecule has 0 N–H and O–H groups in total. The van der Waals surface area contributed by atoms with Crippen LogP contribution in [0.25, 0.3) is 60.5 Å². The second-order valence-electron chi connectivity index (χ2n) is 9.04. The fourth-order valence-corrected chi connectivity index (χ4v) is 5.66. The molecule has 1 aliphatic heterocycles. The van der Waals surface area contributed by atoms with Crippen molar-refractivity contribution in [2.45, 2.75) is 0 Å². The number of para-hydroxylation sites is 4. The maximum atomic E-state index is 8.65. The SMILES string of the molecule is [2H]c1c([2H])c([2H])c2c(c1[2H])Oc1ccc(-c3cccc4c5ccccc5n(-c5ccccc5)c34)c3cccc-2c13. The molecule has 6 aromatic carbocycles. The molecule has 36 heavy (non-hydrogen) atoms. The molecule has 1 aromatic heterocycles. The molecule has 8 rings (SSSR count). The molecule has 0 saturated carbocycles. The minimum atomic E-state index is -0.295. The quantitative estimate of drug-likeness (QED) is 0.249. The molecule has 0 atom stereocenters. The lowest BCUT2D eigenvalue weighted by molar-refractivity contribution is 0.487. The average Bonchev–Trinajstić information content (AvgIpc) is 3.34. The Morgan fingerprint density at radius 1 is 0.528 bits per heavy atom. The lowest BCUT2D eigenvalue weighted by Gasteiger charge is -2.22. The predicted molar refractivity (Wildman–Crippen MR) is 149 cm³/mol. The Hall–Kier alpha value is -4.82. The number of hydrogen-bond donors (Lipinski definition) is 0. The van der Waals surface area contributed by atoms with Gasteiger partial charge in [0.2, 0.25) is 0 Å². The third kappa shape index (κ3) is 2.61. The number of ether oxygens (including phenoxy) is 1. The Kier molecular flexibility index (Phi) is 3.25. The van der Waals surface area contributed by atoms with Gasteiger partial charge in [-0.2, -0.15) is 0 Å². The van der Waals surface area contributed by atoms with Crippen LogP contribution >= 0.6 is 0 Å². The minimum Gasteiger partial charge on any atom is -0.456 e. The van der Waals surface area contributed by atoms with Gasteiger partial charge in [0.05, 0.1) is 16.5 Å². The van der Waals surface area contributed by atoms with E-state index in [1.165, 1.54) is 5.39 Å². The van der Waals surface area contributed by atoms with Crippen LogP contribution in [0.4, 0.5) is 0 Å². The van der Waals surface area contributed by atoms with Crippen LogP contribution in [0.1, 0.15) is 5.48 Å². The molecule has 0 unspecified atom stereocenters. The van der Waals surface area contributed by atoms with Crippen LogP contribution in [0.15, 0.2) is 127 Å². The van der Waals surface area contributed by atoms with E-state index in [1.807, 2.05) is 24.3 Å². The highest BCUT2D eigenvalue weighted by Crippen LogP contribution is 2.49. The van der Waals surface area contributed by atoms with E-state index in [4.69, 9.17) is 10.2 Å². The van der Waals surface area contributed by atoms with E-state index in [-0.39, 0.29) is 29.9 Å². The van der Waals surface area contributed by atoms with Gasteiger partial charge in [0.15, 0.2) is 0 Å². The monoisotopic (exact) mass is 463 g/mol. The van der Waals surface area contributed by atoms with Crippen molar-refractivity contribution < 1.29 is 10.2 Å². The molecular formula is C34H21NO. The number of rotatable bonds is 2. The maximum Gasteiger partial charge on any atom is 0.135 e. The second kappa shape index (κ2) is 7.34. The zero-order valence-electron chi connectivity index (χ0n) is 23.2. The Morgan fingerprint density at radius 2 is 1.28 bits per heavy atom. The first kappa shape index (κ1) is 16.0. The lowest BCUT2D eigenvalue weighted by atomic mass is 9.90. The van der Waals surface area contributed by atoms with Crippen molar-refractivity contribution >= 4 is 32.6 Å². The summed E-state index contributed by atoms with van der Waals surface area (Å²) in [5.41, 5.74) is 6.57. The number of benzene rings is 6. The summed E-state index contributed by atoms with van der Waals surface area (Å²) in [6.45, 7) is 0. The molecule has 0 aliphatic carbocycles. The van der Waals surface area contributed by atoms with Crippen molar-refractivity contribution in [2.24, 2.45) is 0 Å². The summed E-state index contributed by atoms with van der Waals surface area (Å²) in [5.74, 6) is 0.757. The molecule has 0 amide bonds. The van der Waals surface area contributed by atoms with Crippen molar-refractivity contribution in [3.05, 3.63) is 127 Å². The third-order valence-electron chi connectivity index (χ3n) is 7.14. The number of aromatic nitrogens is 1. The topological polar surface area (TPSA) is 14.2 Å². The largest absolute Gasteiger partial charge is 0.456 e. The van der Waals surface area contributed by atoms with E-state index in [0.717, 1.165) is 49.6 Å². The van der Waals surface area contributed by atoms with E-state index in [2.05, 4.69) is 83.4 Å². The van der Waals surface area contributed by atoms with Crippen LogP contribution in [0.5, 0.6) is 11.5 Å². The van der Waals surface area contributed by atoms with E-state index < -0.39 is 0 Å². The molecule has 0 radical (unpaired) electrons. The van der Waals surface area contributed by atoms with Gasteiger partial charge in [-0.25, -0.2) is 0 Å². The molecule has 1 aliphatic rings. The molecular weight excluding hydrogens is 438 g/mol. The molecule has 2 heterocycles. The van der Waals surface area contributed by atoms with Crippen LogP contribution in [0.3, 0.4) is 0 Å². The molecule has 2 heteroatoms. The van der Waals surface area contributed by atoms with Gasteiger partial charge in [-0.3, -0.25) is 0 Å². The number of fused-ring (bicyclic) bond motifs is 5. The third-order valence-corrected chi connectivity index (χ3v) is 7.14. The second-order valence-corrected chi connectivity index (χ2v) is 9.04. The van der Waals surface area contributed by atoms with Crippen molar-refractivity contribution in [3.8, 4) is 39.4 Å². The Balaban J connectivity index is 1.49. The Bertz CT molecular complexity index is 2180. The predicted octanol–water partition coefficient (Wildman–Crippen LogP) is 9.38. The van der Waals surface area contributed by atoms with Crippen LogP contribution in [-0.4, -0.2) is 4.57 Å². The van der Waals surface area contributed by atoms with Crippen molar-refractivity contribution in [2.75, 3.05) is 0 Å². The van der Waals surface area contributed by atoms with Crippen molar-refractivity contribution in [3.63, 3.8) is 0 Å². The highest BCUT2D eigenvalue weighted by molar-refractivity contribution is 6.17. The fourth-order valence-electron chi connectivity index (χ4n) is 5.66. The molecule has 7 aromatic rings. The van der Waals surface area contributed by atoms with E-state index in [9.17, 15) is 0 Å². The smallest absolute Gasteiger partial charge is 0.135 e. The van der Waals surface area contributed by atoms with Gasteiger partial charge in [-0.1, -0.05) is 90.9 Å². The summed E-state index contributed by atoms with van der Waals surface area (Å²) in [6.07, 6.45) is 0. The molecule has 2 nitrogen and oxygen atoms in total. The van der Waals surface area contributed by atoms with E-state index in [1.54, 1.807) is 0 Å². The molecule has 0 saturated heterocycles. The zero-order chi connectivity index (χ0) is 27.1. The van der Waals surface area contributed by atoms with E-state index >= 15 is 0 Å². The Morgan fingerprint density at radius 3 is 2.19 bits per heavy atom. The molecule has 0 spiro atoms. The van der Waals surface area contributed by atoms with Crippen LogP contribution < -0.4 is 4.74 Å². The lowest BCUT2D eigenvalue weighted by Crippen LogP contribution is -1.98. The highest BCUT2D eigenvalue weighted by Gasteiger charge is 2.23. The first-order valence-corrected chi connectivity index (χ1v) is 12.0. The van der Waals surface area contributed by atoms with Gasteiger partial charge in [0.25, 0.3) is 0 Å². The van der Waals surface area contributed by atoms with Gasteiger partial charge in [0.1, 0.15) is 11.5 Å². The molecule has 0 bridgehead atoms. The normalized spacial score (nSPS) is 13.7. The zero-order valence-corrected chi connectivity index (χ0v) is 19.2. The van der Waals surface area contributed by atoms with Crippen LogP contribution in [-0.2, 0) is 0 Å². The van der Waals surface area contributed by atoms with Gasteiger partial charge >= 0.3 is 0 Å². The molecule has 168 valence electrons. The number of hydrogen-bond acceptors (Lipinski definition) is 1. The van der Waals surface area contributed by atoms with Gasteiger partial charge in [-0.05, 0) is 52.9 Å². The van der Waals surface area contributed by atoms with Gasteiger partial charge < -0.3 is 9.30 Å². The standard InChI is InChI=1S/C34H21NO/c1-2-10-22(11-3-1)35-30-18-6-4-12-24(30)29-17-9-16-28(34(29)35)23-20-21-32-33-26(23)14-8-15-27(33)25-13-5-7-19-31(25)36-32/h1-21H/i5D,7D,13D,19D. The maximum absolute atomic E-state index is 8.65. The molecule has 0 fully saturated rings. The van der Waals surface area contributed by atoms with Crippen LogP contribution in [0.2, 0.25) is 0 Å². The Labute approximate surface area is 214 Å². The van der Waals surface area contributed by atoms with Gasteiger partial charge in [-0.15, -0.1) is 0 Å². The highest BCUT2D eigenvalue weighted by atomic mass is 16.5. The summed E-state index contributed by atoms with van der Waals surface area (Å²) in [5, 5.41) is 4.15. The first-order valence-electron chi connectivity index (χ1n) is 14.0. The van der Waals surface area contributed by atoms with Crippen LogP contribution in [0, 0.1) is 0 Å². The summed E-state index contributed by atoms with van der Waals surface area (Å²) in [6, 6.07) is 34.3. The summed E-state index contributed by atoms with van der Waals surface area (Å²) < 4.78 is 42.0. The minimum absolute atomic E-state index is 0.0918.